The first-order chi connectivity index (χ1) is 10.1. The van der Waals surface area contributed by atoms with Gasteiger partial charge in [-0.15, -0.1) is 0 Å². The van der Waals surface area contributed by atoms with Crippen LogP contribution in [0.4, 0.5) is 11.4 Å². The number of amides is 1. The molecule has 2 rings (SSSR count). The van der Waals surface area contributed by atoms with Gasteiger partial charge in [-0.1, -0.05) is 32.8 Å². The van der Waals surface area contributed by atoms with Crippen molar-refractivity contribution in [2.24, 2.45) is 5.92 Å². The fourth-order valence-corrected chi connectivity index (χ4v) is 2.96. The van der Waals surface area contributed by atoms with Gasteiger partial charge in [-0.2, -0.15) is 0 Å². The van der Waals surface area contributed by atoms with E-state index in [2.05, 4.69) is 36.6 Å². The molecule has 1 aromatic carbocycles. The lowest BCUT2D eigenvalue weighted by molar-refractivity contribution is -0.115. The van der Waals surface area contributed by atoms with Gasteiger partial charge < -0.3 is 10.6 Å². The summed E-state index contributed by atoms with van der Waals surface area (Å²) in [5.74, 6) is 0.918. The van der Waals surface area contributed by atoms with E-state index in [1.54, 1.807) is 0 Å². The Morgan fingerprint density at radius 3 is 2.81 bits per heavy atom. The first kappa shape index (κ1) is 15.9. The van der Waals surface area contributed by atoms with Crippen molar-refractivity contribution in [1.82, 2.24) is 0 Å². The fraction of sp³-hybridized carbons (Fsp3) is 0.611. The molecule has 2 atom stereocenters. The molecule has 3 heteroatoms. The van der Waals surface area contributed by atoms with Crippen LogP contribution in [0.25, 0.3) is 0 Å². The first-order valence-electron chi connectivity index (χ1n) is 8.25. The smallest absolute Gasteiger partial charge is 0.224 e. The Bertz CT molecular complexity index is 484. The second kappa shape index (κ2) is 7.48. The zero-order valence-electron chi connectivity index (χ0n) is 13.5. The molecule has 1 saturated carbocycles. The molecule has 1 fully saturated rings. The van der Waals surface area contributed by atoms with Gasteiger partial charge in [0.25, 0.3) is 0 Å². The maximum atomic E-state index is 11.5. The molecule has 116 valence electrons. The van der Waals surface area contributed by atoms with E-state index in [0.29, 0.717) is 12.5 Å². The second-order valence-electron chi connectivity index (χ2n) is 6.39. The average molecular weight is 288 g/mol. The standard InChI is InChI=1S/C18H28N2O/c1-4-18(21)20-16-11-9-14(3)17(12-16)19-15-7-5-6-13(2)8-10-15/h9,11-13,15,19H,4-8,10H2,1-3H3,(H,20,21). The maximum Gasteiger partial charge on any atom is 0.224 e. The second-order valence-corrected chi connectivity index (χ2v) is 6.39. The van der Waals surface area contributed by atoms with Crippen LogP contribution in [0.3, 0.4) is 0 Å². The third-order valence-corrected chi connectivity index (χ3v) is 4.46. The number of anilines is 2. The van der Waals surface area contributed by atoms with Crippen molar-refractivity contribution < 1.29 is 4.79 Å². The lowest BCUT2D eigenvalue weighted by atomic mass is 10.0. The van der Waals surface area contributed by atoms with Crippen LogP contribution >= 0.6 is 0 Å². The molecule has 1 amide bonds. The summed E-state index contributed by atoms with van der Waals surface area (Å²) >= 11 is 0. The summed E-state index contributed by atoms with van der Waals surface area (Å²) in [6.45, 7) is 6.34. The van der Waals surface area contributed by atoms with Gasteiger partial charge >= 0.3 is 0 Å². The molecule has 0 radical (unpaired) electrons. The van der Waals surface area contributed by atoms with Gasteiger partial charge in [-0.3, -0.25) is 4.79 Å². The number of benzene rings is 1. The molecular weight excluding hydrogens is 260 g/mol. The maximum absolute atomic E-state index is 11.5. The lowest BCUT2D eigenvalue weighted by Gasteiger charge is -2.20. The summed E-state index contributed by atoms with van der Waals surface area (Å²) in [6, 6.07) is 6.68. The summed E-state index contributed by atoms with van der Waals surface area (Å²) in [6.07, 6.45) is 6.97. The van der Waals surface area contributed by atoms with Crippen molar-refractivity contribution in [3.05, 3.63) is 23.8 Å². The van der Waals surface area contributed by atoms with Crippen molar-refractivity contribution in [1.29, 1.82) is 0 Å². The number of carbonyl (C=O) groups excluding carboxylic acids is 1. The molecule has 3 nitrogen and oxygen atoms in total. The Balaban J connectivity index is 2.04. The fourth-order valence-electron chi connectivity index (χ4n) is 2.96. The van der Waals surface area contributed by atoms with E-state index in [9.17, 15) is 4.79 Å². The summed E-state index contributed by atoms with van der Waals surface area (Å²) in [5.41, 5.74) is 3.28. The van der Waals surface area contributed by atoms with Crippen molar-refractivity contribution in [2.45, 2.75) is 65.3 Å². The van der Waals surface area contributed by atoms with Crippen LogP contribution in [0.1, 0.15) is 57.9 Å². The van der Waals surface area contributed by atoms with Gasteiger partial charge in [0.1, 0.15) is 0 Å². The molecule has 1 aliphatic carbocycles. The minimum Gasteiger partial charge on any atom is -0.382 e. The van der Waals surface area contributed by atoms with Crippen molar-refractivity contribution in [2.75, 3.05) is 10.6 Å². The number of rotatable bonds is 4. The number of hydrogen-bond donors (Lipinski definition) is 2. The SMILES string of the molecule is CCC(=O)Nc1ccc(C)c(NC2CCCC(C)CC2)c1. The topological polar surface area (TPSA) is 41.1 Å². The first-order valence-corrected chi connectivity index (χ1v) is 8.25. The van der Waals surface area contributed by atoms with Crippen LogP contribution in [0.2, 0.25) is 0 Å². The Morgan fingerprint density at radius 2 is 2.05 bits per heavy atom. The largest absolute Gasteiger partial charge is 0.382 e. The highest BCUT2D eigenvalue weighted by molar-refractivity contribution is 5.91. The molecular formula is C18H28N2O. The average Bonchev–Trinajstić information content (AvgIpc) is 2.67. The Labute approximate surface area is 128 Å². The molecule has 0 heterocycles. The van der Waals surface area contributed by atoms with E-state index in [4.69, 9.17) is 0 Å². The third kappa shape index (κ3) is 4.76. The molecule has 0 aliphatic heterocycles. The Morgan fingerprint density at radius 1 is 1.24 bits per heavy atom. The summed E-state index contributed by atoms with van der Waals surface area (Å²) < 4.78 is 0. The van der Waals surface area contributed by atoms with E-state index in [1.807, 2.05) is 13.0 Å². The van der Waals surface area contributed by atoms with E-state index < -0.39 is 0 Å². The minimum atomic E-state index is 0.0631. The summed E-state index contributed by atoms with van der Waals surface area (Å²) in [4.78, 5) is 11.5. The number of aryl methyl sites for hydroxylation is 1. The molecule has 1 aromatic rings. The molecule has 0 spiro atoms. The molecule has 0 bridgehead atoms. The number of carbonyl (C=O) groups is 1. The van der Waals surface area contributed by atoms with Crippen LogP contribution < -0.4 is 10.6 Å². The zero-order chi connectivity index (χ0) is 15.2. The van der Waals surface area contributed by atoms with E-state index >= 15 is 0 Å². The Kier molecular flexibility index (Phi) is 5.66. The van der Waals surface area contributed by atoms with Crippen LogP contribution in [-0.4, -0.2) is 11.9 Å². The molecule has 2 N–H and O–H groups in total. The van der Waals surface area contributed by atoms with E-state index in [-0.39, 0.29) is 5.91 Å². The zero-order valence-corrected chi connectivity index (χ0v) is 13.5. The molecule has 0 saturated heterocycles. The summed E-state index contributed by atoms with van der Waals surface area (Å²) in [5, 5.41) is 6.63. The molecule has 2 unspecified atom stereocenters. The molecule has 1 aliphatic rings. The predicted molar refractivity (Wildman–Crippen MR) is 89.8 cm³/mol. The highest BCUT2D eigenvalue weighted by Crippen LogP contribution is 2.27. The van der Waals surface area contributed by atoms with Crippen molar-refractivity contribution >= 4 is 17.3 Å². The molecule has 21 heavy (non-hydrogen) atoms. The van der Waals surface area contributed by atoms with Crippen LogP contribution in [0.15, 0.2) is 18.2 Å². The van der Waals surface area contributed by atoms with Gasteiger partial charge in [0.05, 0.1) is 0 Å². The van der Waals surface area contributed by atoms with Gasteiger partial charge in [-0.05, 0) is 49.8 Å². The highest BCUT2D eigenvalue weighted by atomic mass is 16.1. The predicted octanol–water partition coefficient (Wildman–Crippen LogP) is 4.72. The van der Waals surface area contributed by atoms with Crippen LogP contribution in [-0.2, 0) is 4.79 Å². The third-order valence-electron chi connectivity index (χ3n) is 4.46. The lowest BCUT2D eigenvalue weighted by Crippen LogP contribution is -2.19. The monoisotopic (exact) mass is 288 g/mol. The van der Waals surface area contributed by atoms with Crippen molar-refractivity contribution in [3.63, 3.8) is 0 Å². The van der Waals surface area contributed by atoms with E-state index in [1.165, 1.54) is 37.7 Å². The van der Waals surface area contributed by atoms with Gasteiger partial charge in [0.2, 0.25) is 5.91 Å². The highest BCUT2D eigenvalue weighted by Gasteiger charge is 2.16. The normalized spacial score (nSPS) is 22.4. The van der Waals surface area contributed by atoms with Crippen LogP contribution in [0.5, 0.6) is 0 Å². The minimum absolute atomic E-state index is 0.0631. The van der Waals surface area contributed by atoms with Gasteiger partial charge in [0, 0.05) is 23.8 Å². The van der Waals surface area contributed by atoms with Gasteiger partial charge in [-0.25, -0.2) is 0 Å². The summed E-state index contributed by atoms with van der Waals surface area (Å²) in [7, 11) is 0. The number of nitrogens with one attached hydrogen (secondary N) is 2. The van der Waals surface area contributed by atoms with E-state index in [0.717, 1.165) is 17.3 Å². The van der Waals surface area contributed by atoms with Crippen LogP contribution in [0, 0.1) is 12.8 Å². The quantitative estimate of drug-likeness (QED) is 0.787. The number of hydrogen-bond acceptors (Lipinski definition) is 2. The molecule has 0 aromatic heterocycles. The van der Waals surface area contributed by atoms with Crippen molar-refractivity contribution in [3.8, 4) is 0 Å². The Hall–Kier alpha value is -1.51. The van der Waals surface area contributed by atoms with Gasteiger partial charge in [0.15, 0.2) is 0 Å².